The van der Waals surface area contributed by atoms with Gasteiger partial charge in [-0.3, -0.25) is 4.79 Å². The van der Waals surface area contributed by atoms with Gasteiger partial charge in [0.25, 0.3) is 0 Å². The Labute approximate surface area is 106 Å². The van der Waals surface area contributed by atoms with Gasteiger partial charge in [-0.15, -0.1) is 0 Å². The summed E-state index contributed by atoms with van der Waals surface area (Å²) in [6.07, 6.45) is 5.12. The third kappa shape index (κ3) is 1.17. The maximum Gasteiger partial charge on any atom is 0.165 e. The Balaban J connectivity index is 1.86. The minimum Gasteiger partial charge on any atom is -0.493 e. The summed E-state index contributed by atoms with van der Waals surface area (Å²) in [5.41, 5.74) is 1.89. The van der Waals surface area contributed by atoms with Crippen molar-refractivity contribution in [2.75, 3.05) is 7.11 Å². The van der Waals surface area contributed by atoms with E-state index in [1.54, 1.807) is 13.2 Å². The van der Waals surface area contributed by atoms with E-state index in [2.05, 4.69) is 0 Å². The number of hydrogen-bond acceptors (Lipinski definition) is 3. The molecule has 0 unspecified atom stereocenters. The first kappa shape index (κ1) is 10.4. The number of aldehydes is 1. The van der Waals surface area contributed by atoms with Gasteiger partial charge in [0.05, 0.1) is 7.11 Å². The number of carbonyl (C=O) groups excluding carboxylic acids is 1. The van der Waals surface area contributed by atoms with Crippen LogP contribution in [0.25, 0.3) is 0 Å². The number of benzene rings is 1. The summed E-state index contributed by atoms with van der Waals surface area (Å²) < 4.78 is 11.5. The molecule has 0 radical (unpaired) electrons. The van der Waals surface area contributed by atoms with Gasteiger partial charge in [-0.1, -0.05) is 0 Å². The quantitative estimate of drug-likeness (QED) is 0.750. The van der Waals surface area contributed by atoms with E-state index < -0.39 is 0 Å². The average Bonchev–Trinajstić information content (AvgIpc) is 3.08. The van der Waals surface area contributed by atoms with Crippen LogP contribution >= 0.6 is 0 Å². The van der Waals surface area contributed by atoms with E-state index in [4.69, 9.17) is 9.47 Å². The number of fused-ring (bicyclic) bond motifs is 7. The molecule has 3 heteroatoms. The van der Waals surface area contributed by atoms with Crippen LogP contribution in [-0.2, 0) is 0 Å². The van der Waals surface area contributed by atoms with Crippen molar-refractivity contribution in [3.63, 3.8) is 0 Å². The van der Waals surface area contributed by atoms with Gasteiger partial charge in [0.15, 0.2) is 11.5 Å². The van der Waals surface area contributed by atoms with Crippen LogP contribution in [0.3, 0.4) is 0 Å². The molecule has 2 bridgehead atoms. The summed E-state index contributed by atoms with van der Waals surface area (Å²) in [7, 11) is 1.64. The molecule has 0 aromatic heterocycles. The Morgan fingerprint density at radius 3 is 2.94 bits per heavy atom. The minimum atomic E-state index is 0.328. The number of methoxy groups -OCH3 is 1. The Kier molecular flexibility index (Phi) is 2.02. The largest absolute Gasteiger partial charge is 0.493 e. The van der Waals surface area contributed by atoms with E-state index in [1.165, 1.54) is 24.8 Å². The second-order valence-corrected chi connectivity index (χ2v) is 5.70. The molecule has 1 aromatic carbocycles. The maximum atomic E-state index is 11.0. The molecule has 0 saturated heterocycles. The van der Waals surface area contributed by atoms with Gasteiger partial charge in [-0.05, 0) is 43.2 Å². The lowest BCUT2D eigenvalue weighted by Gasteiger charge is -2.23. The first-order valence-corrected chi connectivity index (χ1v) is 6.65. The van der Waals surface area contributed by atoms with E-state index in [9.17, 15) is 4.79 Å². The summed E-state index contributed by atoms with van der Waals surface area (Å²) in [6.45, 7) is 0. The SMILES string of the molecule is COc1cc(C=O)cc2c1O[C@@H]1[C@H]3CC[C@H](C3)[C@H]21. The molecule has 0 spiro atoms. The molecule has 4 rings (SSSR count). The fraction of sp³-hybridized carbons (Fsp3) is 0.533. The summed E-state index contributed by atoms with van der Waals surface area (Å²) in [5, 5.41) is 0. The van der Waals surface area contributed by atoms with Crippen LogP contribution < -0.4 is 9.47 Å². The third-order valence-electron chi connectivity index (χ3n) is 4.92. The number of hydrogen-bond donors (Lipinski definition) is 0. The van der Waals surface area contributed by atoms with Crippen molar-refractivity contribution in [2.45, 2.75) is 31.3 Å². The van der Waals surface area contributed by atoms with Gasteiger partial charge >= 0.3 is 0 Å². The van der Waals surface area contributed by atoms with Crippen molar-refractivity contribution in [1.82, 2.24) is 0 Å². The van der Waals surface area contributed by atoms with Crippen molar-refractivity contribution in [2.24, 2.45) is 11.8 Å². The first-order chi connectivity index (χ1) is 8.81. The molecule has 4 atom stereocenters. The highest BCUT2D eigenvalue weighted by atomic mass is 16.5. The van der Waals surface area contributed by atoms with E-state index >= 15 is 0 Å². The highest BCUT2D eigenvalue weighted by molar-refractivity contribution is 5.78. The maximum absolute atomic E-state index is 11.0. The normalized spacial score (nSPS) is 34.9. The number of ether oxygens (including phenoxy) is 2. The molecule has 0 N–H and O–H groups in total. The van der Waals surface area contributed by atoms with Crippen LogP contribution in [0.1, 0.15) is 41.1 Å². The highest BCUT2D eigenvalue weighted by Crippen LogP contribution is 2.60. The van der Waals surface area contributed by atoms with Crippen LogP contribution in [0.5, 0.6) is 11.5 Å². The molecule has 0 amide bonds. The van der Waals surface area contributed by atoms with E-state index in [-0.39, 0.29) is 0 Å². The standard InChI is InChI=1S/C15H16O3/c1-17-12-5-8(7-16)4-11-13-9-2-3-10(6-9)14(13)18-15(11)12/h4-5,7,9-10,13-14H,2-3,6H2,1H3/t9-,10+,13-,14-/m1/s1. The van der Waals surface area contributed by atoms with Gasteiger partial charge in [0.1, 0.15) is 12.4 Å². The topological polar surface area (TPSA) is 35.5 Å². The van der Waals surface area contributed by atoms with E-state index in [1.807, 2.05) is 6.07 Å². The van der Waals surface area contributed by atoms with Crippen LogP contribution in [0.15, 0.2) is 12.1 Å². The Bertz CT molecular complexity index is 523. The number of carbonyl (C=O) groups is 1. The fourth-order valence-corrected chi connectivity index (χ4v) is 4.21. The Morgan fingerprint density at radius 1 is 1.33 bits per heavy atom. The molecule has 94 valence electrons. The van der Waals surface area contributed by atoms with Crippen molar-refractivity contribution in [3.8, 4) is 11.5 Å². The lowest BCUT2D eigenvalue weighted by molar-refractivity contribution is 0.112. The van der Waals surface area contributed by atoms with Crippen LogP contribution in [0.2, 0.25) is 0 Å². The molecule has 3 aliphatic rings. The second-order valence-electron chi connectivity index (χ2n) is 5.70. The van der Waals surface area contributed by atoms with Crippen LogP contribution in [0.4, 0.5) is 0 Å². The first-order valence-electron chi connectivity index (χ1n) is 6.65. The van der Waals surface area contributed by atoms with Crippen molar-refractivity contribution < 1.29 is 14.3 Å². The molecule has 1 aromatic rings. The Morgan fingerprint density at radius 2 is 2.17 bits per heavy atom. The monoisotopic (exact) mass is 244 g/mol. The average molecular weight is 244 g/mol. The molecule has 18 heavy (non-hydrogen) atoms. The lowest BCUT2D eigenvalue weighted by atomic mass is 9.82. The fourth-order valence-electron chi connectivity index (χ4n) is 4.21. The third-order valence-corrected chi connectivity index (χ3v) is 4.92. The highest BCUT2D eigenvalue weighted by Gasteiger charge is 2.54. The van der Waals surface area contributed by atoms with E-state index in [0.717, 1.165) is 18.0 Å². The predicted octanol–water partition coefficient (Wildman–Crippen LogP) is 2.78. The van der Waals surface area contributed by atoms with Crippen molar-refractivity contribution >= 4 is 6.29 Å². The van der Waals surface area contributed by atoms with Gasteiger partial charge in [-0.2, -0.15) is 0 Å². The zero-order chi connectivity index (χ0) is 12.3. The molecule has 1 aliphatic heterocycles. The summed E-state index contributed by atoms with van der Waals surface area (Å²) in [4.78, 5) is 11.0. The van der Waals surface area contributed by atoms with Gasteiger partial charge in [0, 0.05) is 17.0 Å². The molecule has 3 nitrogen and oxygen atoms in total. The van der Waals surface area contributed by atoms with Gasteiger partial charge < -0.3 is 9.47 Å². The smallest absolute Gasteiger partial charge is 0.165 e. The molecular formula is C15H16O3. The summed E-state index contributed by atoms with van der Waals surface area (Å²) >= 11 is 0. The summed E-state index contributed by atoms with van der Waals surface area (Å²) in [6, 6.07) is 3.77. The van der Waals surface area contributed by atoms with Crippen LogP contribution in [0, 0.1) is 11.8 Å². The number of rotatable bonds is 2. The minimum absolute atomic E-state index is 0.328. The molecule has 2 aliphatic carbocycles. The van der Waals surface area contributed by atoms with Gasteiger partial charge in [-0.25, -0.2) is 0 Å². The molecule has 1 heterocycles. The predicted molar refractivity (Wildman–Crippen MR) is 66.4 cm³/mol. The Hall–Kier alpha value is -1.51. The second kappa shape index (κ2) is 3.50. The lowest BCUT2D eigenvalue weighted by Crippen LogP contribution is -2.25. The van der Waals surface area contributed by atoms with Gasteiger partial charge in [0.2, 0.25) is 0 Å². The van der Waals surface area contributed by atoms with Crippen LogP contribution in [-0.4, -0.2) is 19.5 Å². The zero-order valence-electron chi connectivity index (χ0n) is 10.4. The molecule has 2 saturated carbocycles. The molecule has 2 fully saturated rings. The summed E-state index contributed by atoms with van der Waals surface area (Å²) in [5.74, 6) is 3.54. The molecular weight excluding hydrogens is 228 g/mol. The van der Waals surface area contributed by atoms with E-state index in [0.29, 0.717) is 29.3 Å². The van der Waals surface area contributed by atoms with Crippen molar-refractivity contribution in [3.05, 3.63) is 23.3 Å². The zero-order valence-corrected chi connectivity index (χ0v) is 10.4. The van der Waals surface area contributed by atoms with Crippen molar-refractivity contribution in [1.29, 1.82) is 0 Å².